The van der Waals surface area contributed by atoms with Gasteiger partial charge in [0.15, 0.2) is 0 Å². The van der Waals surface area contributed by atoms with Crippen molar-refractivity contribution < 1.29 is 14.7 Å². The smallest absolute Gasteiger partial charge is 0.320 e. The molecule has 0 aliphatic carbocycles. The van der Waals surface area contributed by atoms with Crippen LogP contribution in [-0.2, 0) is 9.59 Å². The zero-order valence-electron chi connectivity index (χ0n) is 9.24. The molecule has 0 spiro atoms. The Hall–Kier alpha value is -1.40. The molecule has 92 valence electrons. The van der Waals surface area contributed by atoms with E-state index in [9.17, 15) is 9.59 Å². The third-order valence-electron chi connectivity index (χ3n) is 2.07. The second-order valence-corrected chi connectivity index (χ2v) is 4.41. The second kappa shape index (κ2) is 6.36. The normalized spacial score (nSPS) is 11.9. The fourth-order valence-electron chi connectivity index (χ4n) is 1.07. The summed E-state index contributed by atoms with van der Waals surface area (Å²) < 4.78 is 0.924. The molecule has 1 aromatic rings. The van der Waals surface area contributed by atoms with E-state index in [1.807, 2.05) is 12.1 Å². The zero-order chi connectivity index (χ0) is 12.8. The van der Waals surface area contributed by atoms with Gasteiger partial charge >= 0.3 is 5.97 Å². The van der Waals surface area contributed by atoms with Crippen molar-refractivity contribution in [3.05, 3.63) is 28.7 Å². The summed E-state index contributed by atoms with van der Waals surface area (Å²) in [7, 11) is 0. The van der Waals surface area contributed by atoms with Crippen LogP contribution in [0.15, 0.2) is 28.7 Å². The molecule has 0 unspecified atom stereocenters. The van der Waals surface area contributed by atoms with Crippen LogP contribution in [0, 0.1) is 0 Å². The second-order valence-electron chi connectivity index (χ2n) is 3.50. The van der Waals surface area contributed by atoms with E-state index < -0.39 is 12.0 Å². The Bertz CT molecular complexity index is 406. The van der Waals surface area contributed by atoms with Gasteiger partial charge in [-0.1, -0.05) is 15.9 Å². The van der Waals surface area contributed by atoms with E-state index in [1.54, 1.807) is 12.1 Å². The maximum Gasteiger partial charge on any atom is 0.320 e. The number of halogens is 1. The van der Waals surface area contributed by atoms with Gasteiger partial charge in [0, 0.05) is 10.2 Å². The largest absolute Gasteiger partial charge is 0.480 e. The summed E-state index contributed by atoms with van der Waals surface area (Å²) in [5.41, 5.74) is 0.669. The monoisotopic (exact) mass is 300 g/mol. The fourth-order valence-corrected chi connectivity index (χ4v) is 1.34. The number of carbonyl (C=O) groups is 2. The molecule has 0 aliphatic heterocycles. The molecule has 0 aliphatic rings. The van der Waals surface area contributed by atoms with Crippen molar-refractivity contribution in [2.75, 3.05) is 11.9 Å². The van der Waals surface area contributed by atoms with E-state index in [4.69, 9.17) is 5.11 Å². The molecule has 1 rings (SSSR count). The Morgan fingerprint density at radius 3 is 2.47 bits per heavy atom. The molecule has 1 aromatic carbocycles. The predicted molar refractivity (Wildman–Crippen MR) is 67.9 cm³/mol. The number of hydrogen-bond donors (Lipinski definition) is 3. The molecular formula is C11H13BrN2O3. The molecule has 1 amide bonds. The summed E-state index contributed by atoms with van der Waals surface area (Å²) in [6.07, 6.45) is 0. The SMILES string of the molecule is C[C@@H](NCC(=O)Nc1ccc(Br)cc1)C(=O)O. The van der Waals surface area contributed by atoms with E-state index in [0.717, 1.165) is 4.47 Å². The minimum Gasteiger partial charge on any atom is -0.480 e. The van der Waals surface area contributed by atoms with Gasteiger partial charge in [-0.25, -0.2) is 0 Å². The lowest BCUT2D eigenvalue weighted by atomic mass is 10.3. The van der Waals surface area contributed by atoms with Gasteiger partial charge in [-0.15, -0.1) is 0 Å². The van der Waals surface area contributed by atoms with Crippen molar-refractivity contribution >= 4 is 33.5 Å². The molecule has 0 saturated carbocycles. The highest BCUT2D eigenvalue weighted by Crippen LogP contribution is 2.13. The molecule has 17 heavy (non-hydrogen) atoms. The van der Waals surface area contributed by atoms with Crippen LogP contribution in [0.3, 0.4) is 0 Å². The first-order valence-corrected chi connectivity index (χ1v) is 5.80. The van der Waals surface area contributed by atoms with Crippen molar-refractivity contribution in [1.29, 1.82) is 0 Å². The van der Waals surface area contributed by atoms with Crippen molar-refractivity contribution in [3.63, 3.8) is 0 Å². The molecule has 6 heteroatoms. The van der Waals surface area contributed by atoms with Gasteiger partial charge in [-0.05, 0) is 31.2 Å². The lowest BCUT2D eigenvalue weighted by Crippen LogP contribution is -2.39. The van der Waals surface area contributed by atoms with Crippen LogP contribution in [0.1, 0.15) is 6.92 Å². The molecule has 0 bridgehead atoms. The van der Waals surface area contributed by atoms with Gasteiger partial charge in [0.25, 0.3) is 0 Å². The van der Waals surface area contributed by atoms with Gasteiger partial charge < -0.3 is 10.4 Å². The predicted octanol–water partition coefficient (Wildman–Crippen LogP) is 1.45. The average Bonchev–Trinajstić information content (AvgIpc) is 2.29. The number of aliphatic carboxylic acids is 1. The standard InChI is InChI=1S/C11H13BrN2O3/c1-7(11(16)17)13-6-10(15)14-9-4-2-8(12)3-5-9/h2-5,7,13H,6H2,1H3,(H,14,15)(H,16,17)/t7-/m1/s1. The highest BCUT2D eigenvalue weighted by molar-refractivity contribution is 9.10. The van der Waals surface area contributed by atoms with E-state index in [1.165, 1.54) is 6.92 Å². The summed E-state index contributed by atoms with van der Waals surface area (Å²) in [4.78, 5) is 22.0. The quantitative estimate of drug-likeness (QED) is 0.769. The highest BCUT2D eigenvalue weighted by Gasteiger charge is 2.11. The molecular weight excluding hydrogens is 288 g/mol. The maximum atomic E-state index is 11.4. The maximum absolute atomic E-state index is 11.4. The summed E-state index contributed by atoms with van der Waals surface area (Å²) in [5, 5.41) is 13.9. The topological polar surface area (TPSA) is 78.4 Å². The number of hydrogen-bond acceptors (Lipinski definition) is 3. The molecule has 0 heterocycles. The number of nitrogens with one attached hydrogen (secondary N) is 2. The van der Waals surface area contributed by atoms with Crippen molar-refractivity contribution in [2.24, 2.45) is 0 Å². The lowest BCUT2D eigenvalue weighted by Gasteiger charge is -2.09. The Balaban J connectivity index is 2.39. The Morgan fingerprint density at radius 1 is 1.35 bits per heavy atom. The van der Waals surface area contributed by atoms with Crippen LogP contribution in [0.4, 0.5) is 5.69 Å². The number of amides is 1. The lowest BCUT2D eigenvalue weighted by molar-refractivity contribution is -0.139. The van der Waals surface area contributed by atoms with Gasteiger partial charge in [-0.2, -0.15) is 0 Å². The van der Waals surface area contributed by atoms with Crippen molar-refractivity contribution in [2.45, 2.75) is 13.0 Å². The van der Waals surface area contributed by atoms with Crippen LogP contribution < -0.4 is 10.6 Å². The van der Waals surface area contributed by atoms with E-state index in [0.29, 0.717) is 5.69 Å². The van der Waals surface area contributed by atoms with Crippen LogP contribution in [0.5, 0.6) is 0 Å². The van der Waals surface area contributed by atoms with Crippen molar-refractivity contribution in [3.8, 4) is 0 Å². The number of carbonyl (C=O) groups excluding carboxylic acids is 1. The highest BCUT2D eigenvalue weighted by atomic mass is 79.9. The van der Waals surface area contributed by atoms with Gasteiger partial charge in [0.2, 0.25) is 5.91 Å². The van der Waals surface area contributed by atoms with E-state index in [-0.39, 0.29) is 12.5 Å². The van der Waals surface area contributed by atoms with Gasteiger partial charge in [0.05, 0.1) is 6.54 Å². The minimum atomic E-state index is -0.985. The summed E-state index contributed by atoms with van der Waals surface area (Å²) in [6.45, 7) is 1.44. The van der Waals surface area contributed by atoms with Crippen LogP contribution in [-0.4, -0.2) is 29.6 Å². The Labute approximate surface area is 107 Å². The summed E-state index contributed by atoms with van der Waals surface area (Å²) in [6, 6.07) is 6.38. The van der Waals surface area contributed by atoms with Crippen LogP contribution in [0.25, 0.3) is 0 Å². The number of carboxylic acid groups (broad SMARTS) is 1. The van der Waals surface area contributed by atoms with E-state index in [2.05, 4.69) is 26.6 Å². The fraction of sp³-hybridized carbons (Fsp3) is 0.273. The average molecular weight is 301 g/mol. The van der Waals surface area contributed by atoms with Crippen LogP contribution >= 0.6 is 15.9 Å². The van der Waals surface area contributed by atoms with Crippen molar-refractivity contribution in [1.82, 2.24) is 5.32 Å². The Morgan fingerprint density at radius 2 is 1.94 bits per heavy atom. The first-order valence-electron chi connectivity index (χ1n) is 5.00. The molecule has 0 fully saturated rings. The number of benzene rings is 1. The number of rotatable bonds is 5. The first-order chi connectivity index (χ1) is 7.99. The molecule has 0 radical (unpaired) electrons. The summed E-state index contributed by atoms with van der Waals surface area (Å²) >= 11 is 3.29. The zero-order valence-corrected chi connectivity index (χ0v) is 10.8. The van der Waals surface area contributed by atoms with Crippen LogP contribution in [0.2, 0.25) is 0 Å². The molecule has 5 nitrogen and oxygen atoms in total. The third kappa shape index (κ3) is 4.97. The minimum absolute atomic E-state index is 0.0382. The number of anilines is 1. The third-order valence-corrected chi connectivity index (χ3v) is 2.60. The number of carboxylic acids is 1. The first kappa shape index (κ1) is 13.7. The van der Waals surface area contributed by atoms with Gasteiger partial charge in [-0.3, -0.25) is 14.9 Å². The Kier molecular flexibility index (Phi) is 5.11. The van der Waals surface area contributed by atoms with Gasteiger partial charge in [0.1, 0.15) is 6.04 Å². The van der Waals surface area contributed by atoms with E-state index >= 15 is 0 Å². The molecule has 3 N–H and O–H groups in total. The molecule has 0 aromatic heterocycles. The molecule has 1 atom stereocenters. The summed E-state index contributed by atoms with van der Waals surface area (Å²) in [5.74, 6) is -1.26. The molecule has 0 saturated heterocycles.